The van der Waals surface area contributed by atoms with Crippen molar-refractivity contribution in [1.82, 2.24) is 10.2 Å². The summed E-state index contributed by atoms with van der Waals surface area (Å²) in [5.41, 5.74) is 0.388. The van der Waals surface area contributed by atoms with Gasteiger partial charge in [0.15, 0.2) is 6.61 Å². The number of ether oxygens (including phenoxy) is 1. The number of rotatable bonds is 12. The van der Waals surface area contributed by atoms with E-state index in [1.165, 1.54) is 0 Å². The van der Waals surface area contributed by atoms with Crippen molar-refractivity contribution < 1.29 is 29.5 Å². The first-order valence-corrected chi connectivity index (χ1v) is 9.44. The summed E-state index contributed by atoms with van der Waals surface area (Å²) < 4.78 is 5.07. The predicted molar refractivity (Wildman–Crippen MR) is 99.3 cm³/mol. The van der Waals surface area contributed by atoms with Gasteiger partial charge in [-0.1, -0.05) is 30.3 Å². The highest BCUT2D eigenvalue weighted by Gasteiger charge is 2.61. The smallest absolute Gasteiger partial charge is 0.368 e. The van der Waals surface area contributed by atoms with E-state index in [-0.39, 0.29) is 37.6 Å². The third kappa shape index (κ3) is 5.19. The van der Waals surface area contributed by atoms with Gasteiger partial charge >= 0.3 is 5.09 Å². The van der Waals surface area contributed by atoms with Crippen LogP contribution >= 0.6 is 0 Å². The molecule has 1 fully saturated rings. The van der Waals surface area contributed by atoms with E-state index in [4.69, 9.17) is 9.94 Å². The molecule has 0 radical (unpaired) electrons. The van der Waals surface area contributed by atoms with Crippen LogP contribution < -0.4 is 5.32 Å². The lowest BCUT2D eigenvalue weighted by atomic mass is 9.91. The van der Waals surface area contributed by atoms with Crippen LogP contribution in [0.3, 0.4) is 0 Å². The fourth-order valence-corrected chi connectivity index (χ4v) is 3.47. The topological polar surface area (TPSA) is 108 Å². The average Bonchev–Trinajstić information content (AvgIpc) is 3.43. The highest BCUT2D eigenvalue weighted by molar-refractivity contribution is 5.92. The molecule has 2 amide bonds. The molecule has 1 saturated carbocycles. The van der Waals surface area contributed by atoms with E-state index in [0.717, 1.165) is 5.56 Å². The first kappa shape index (κ1) is 21.6. The van der Waals surface area contributed by atoms with Crippen molar-refractivity contribution in [3.63, 3.8) is 0 Å². The lowest BCUT2D eigenvalue weighted by molar-refractivity contribution is -0.975. The molecule has 1 aromatic rings. The van der Waals surface area contributed by atoms with Crippen LogP contribution in [-0.2, 0) is 24.6 Å². The zero-order valence-corrected chi connectivity index (χ0v) is 16.3. The van der Waals surface area contributed by atoms with Crippen LogP contribution in [0.1, 0.15) is 25.8 Å². The van der Waals surface area contributed by atoms with Gasteiger partial charge in [0.25, 0.3) is 0 Å². The van der Waals surface area contributed by atoms with Crippen LogP contribution in [0.15, 0.2) is 30.3 Å². The van der Waals surface area contributed by atoms with Crippen molar-refractivity contribution in [3.05, 3.63) is 40.8 Å². The fourth-order valence-electron chi connectivity index (χ4n) is 3.47. The highest BCUT2D eigenvalue weighted by Crippen LogP contribution is 2.55. The minimum atomic E-state index is -0.660. The van der Waals surface area contributed by atoms with E-state index < -0.39 is 10.5 Å². The van der Waals surface area contributed by atoms with Crippen LogP contribution in [0.4, 0.5) is 0 Å². The number of carbonyl (C=O) groups excluding carboxylic acids is 2. The third-order valence-corrected chi connectivity index (χ3v) is 5.03. The van der Waals surface area contributed by atoms with E-state index in [0.29, 0.717) is 26.1 Å². The second-order valence-electron chi connectivity index (χ2n) is 6.64. The molecule has 9 heteroatoms. The second-order valence-corrected chi connectivity index (χ2v) is 6.64. The molecule has 2 unspecified atom stereocenters. The van der Waals surface area contributed by atoms with Gasteiger partial charge in [0, 0.05) is 19.6 Å². The maximum atomic E-state index is 13.2. The third-order valence-electron chi connectivity index (χ3n) is 5.03. The number of amides is 2. The average molecular weight is 394 g/mol. The van der Waals surface area contributed by atoms with Gasteiger partial charge in [0.2, 0.25) is 11.8 Å². The molecule has 0 aromatic heterocycles. The molecular formula is C19H28N3O6+. The Morgan fingerprint density at radius 3 is 2.54 bits per heavy atom. The number of hydrogen-bond donors (Lipinski definition) is 2. The molecule has 0 heterocycles. The van der Waals surface area contributed by atoms with E-state index in [9.17, 15) is 14.5 Å². The SMILES string of the molecule is CCN(CC)C(=O)C1(c2ccccc2)CC1CNC(=O)COCCO[N+](=O)O. The van der Waals surface area contributed by atoms with Crippen molar-refractivity contribution in [1.29, 1.82) is 0 Å². The molecule has 0 aliphatic heterocycles. The van der Waals surface area contributed by atoms with Crippen LogP contribution in [0, 0.1) is 10.8 Å². The summed E-state index contributed by atoms with van der Waals surface area (Å²) in [6, 6.07) is 9.69. The molecule has 2 atom stereocenters. The van der Waals surface area contributed by atoms with Gasteiger partial charge in [-0.2, -0.15) is 4.84 Å². The molecule has 2 N–H and O–H groups in total. The Morgan fingerprint density at radius 1 is 1.25 bits per heavy atom. The monoisotopic (exact) mass is 394 g/mol. The number of nitrogens with one attached hydrogen (secondary N) is 1. The summed E-state index contributed by atoms with van der Waals surface area (Å²) >= 11 is 0. The van der Waals surface area contributed by atoms with Gasteiger partial charge in [0.1, 0.15) is 11.5 Å². The number of carbonyl (C=O) groups is 2. The summed E-state index contributed by atoms with van der Waals surface area (Å²) in [6.45, 7) is 5.23. The van der Waals surface area contributed by atoms with Crippen molar-refractivity contribution >= 4 is 11.8 Å². The zero-order valence-electron chi connectivity index (χ0n) is 16.3. The minimum absolute atomic E-state index is 0.00938. The Labute approximate surface area is 164 Å². The van der Waals surface area contributed by atoms with Gasteiger partial charge in [0.05, 0.1) is 12.0 Å². The van der Waals surface area contributed by atoms with Crippen LogP contribution in [0.25, 0.3) is 0 Å². The summed E-state index contributed by atoms with van der Waals surface area (Å²) in [7, 11) is 0. The van der Waals surface area contributed by atoms with E-state index >= 15 is 0 Å². The summed E-state index contributed by atoms with van der Waals surface area (Å²) in [4.78, 5) is 41.3. The lowest BCUT2D eigenvalue weighted by Gasteiger charge is -2.26. The normalized spacial score (nSPS) is 20.3. The minimum Gasteiger partial charge on any atom is -0.368 e. The van der Waals surface area contributed by atoms with Crippen molar-refractivity contribution in [2.24, 2.45) is 5.92 Å². The van der Waals surface area contributed by atoms with E-state index in [1.54, 1.807) is 0 Å². The molecule has 2 rings (SSSR count). The lowest BCUT2D eigenvalue weighted by Crippen LogP contribution is -2.41. The maximum Gasteiger partial charge on any atom is 0.475 e. The predicted octanol–water partition coefficient (Wildman–Crippen LogP) is 1.05. The zero-order chi connectivity index (χ0) is 20.6. The molecule has 1 aromatic carbocycles. The van der Waals surface area contributed by atoms with Crippen molar-refractivity contribution in [2.75, 3.05) is 39.5 Å². The molecule has 28 heavy (non-hydrogen) atoms. The van der Waals surface area contributed by atoms with Crippen LogP contribution in [0.5, 0.6) is 0 Å². The molecule has 0 spiro atoms. The largest absolute Gasteiger partial charge is 0.475 e. The standard InChI is InChI=1S/C19H27N3O6/c1-3-21(4-2)18(24)19(15-8-6-5-7-9-15)12-16(19)13-20-17(23)14-27-10-11-28-22(25)26/h5-9,16H,3-4,10-14H2,1-2H3,(H-,20,23,25,26)/p+1. The number of likely N-dealkylation sites (N-methyl/N-ethyl adjacent to an activating group) is 1. The molecule has 1 aliphatic carbocycles. The van der Waals surface area contributed by atoms with Gasteiger partial charge in [-0.15, -0.1) is 0 Å². The van der Waals surface area contributed by atoms with E-state index in [1.807, 2.05) is 49.1 Å². The van der Waals surface area contributed by atoms with Crippen LogP contribution in [-0.4, -0.2) is 66.5 Å². The molecular weight excluding hydrogens is 366 g/mol. The second kappa shape index (κ2) is 10.0. The molecule has 154 valence electrons. The quantitative estimate of drug-likeness (QED) is 0.405. The van der Waals surface area contributed by atoms with Crippen molar-refractivity contribution in [2.45, 2.75) is 25.7 Å². The fraction of sp³-hybridized carbons (Fsp3) is 0.579. The van der Waals surface area contributed by atoms with Crippen molar-refractivity contribution in [3.8, 4) is 0 Å². The van der Waals surface area contributed by atoms with Gasteiger partial charge in [-0.3, -0.25) is 9.59 Å². The Morgan fingerprint density at radius 2 is 1.93 bits per heavy atom. The first-order valence-electron chi connectivity index (χ1n) is 9.44. The van der Waals surface area contributed by atoms with Gasteiger partial charge < -0.3 is 15.0 Å². The Bertz CT molecular complexity index is 680. The molecule has 1 aliphatic rings. The molecule has 9 nitrogen and oxygen atoms in total. The Balaban J connectivity index is 1.90. The highest BCUT2D eigenvalue weighted by atomic mass is 17.0. The summed E-state index contributed by atoms with van der Waals surface area (Å²) in [6.07, 6.45) is 0.692. The Kier molecular flexibility index (Phi) is 7.74. The molecule has 0 saturated heterocycles. The number of hydrogen-bond acceptors (Lipinski definition) is 5. The number of nitrogens with zero attached hydrogens (tertiary/aromatic N) is 2. The summed E-state index contributed by atoms with van der Waals surface area (Å²) in [5, 5.41) is 10.4. The number of benzene rings is 1. The molecule has 0 bridgehead atoms. The Hall–Kier alpha value is -2.68. The first-order chi connectivity index (χ1) is 13.5. The summed E-state index contributed by atoms with van der Waals surface area (Å²) in [5.74, 6) is -0.187. The van der Waals surface area contributed by atoms with Gasteiger partial charge in [-0.25, -0.2) is 5.21 Å². The maximum absolute atomic E-state index is 13.2. The van der Waals surface area contributed by atoms with Crippen LogP contribution in [0.2, 0.25) is 0 Å². The van der Waals surface area contributed by atoms with E-state index in [2.05, 4.69) is 10.2 Å². The van der Waals surface area contributed by atoms with Gasteiger partial charge in [-0.05, 0) is 31.7 Å².